The van der Waals surface area contributed by atoms with Crippen LogP contribution in [-0.4, -0.2) is 9.13 Å². The van der Waals surface area contributed by atoms with Crippen LogP contribution in [0.15, 0.2) is 224 Å². The molecule has 0 saturated heterocycles. The monoisotopic (exact) mass is 794 g/mol. The van der Waals surface area contributed by atoms with Gasteiger partial charge in [0.05, 0.1) is 22.1 Å². The topological polar surface area (TPSA) is 9.86 Å². The minimum atomic E-state index is 0.235. The first-order valence-corrected chi connectivity index (χ1v) is 22.0. The van der Waals surface area contributed by atoms with E-state index in [1.165, 1.54) is 103 Å². The van der Waals surface area contributed by atoms with Gasteiger partial charge in [-0.3, -0.25) is 0 Å². The van der Waals surface area contributed by atoms with Crippen LogP contribution >= 0.6 is 11.3 Å². The van der Waals surface area contributed by atoms with E-state index in [0.717, 1.165) is 5.69 Å². The number of para-hydroxylation sites is 3. The van der Waals surface area contributed by atoms with E-state index < -0.39 is 0 Å². The summed E-state index contributed by atoms with van der Waals surface area (Å²) in [4.78, 5) is 0. The third kappa shape index (κ3) is 5.14. The van der Waals surface area contributed by atoms with Crippen LogP contribution in [0.25, 0.3) is 91.9 Å². The Morgan fingerprint density at radius 1 is 0.377 bits per heavy atom. The number of benzene rings is 8. The fourth-order valence-electron chi connectivity index (χ4n) is 10.5. The van der Waals surface area contributed by atoms with Crippen LogP contribution < -0.4 is 0 Å². The summed E-state index contributed by atoms with van der Waals surface area (Å²) >= 11 is 1.91. The van der Waals surface area contributed by atoms with Gasteiger partial charge in [-0.25, -0.2) is 0 Å². The van der Waals surface area contributed by atoms with E-state index in [9.17, 15) is 0 Å². The Bertz CT molecular complexity index is 3700. The maximum Gasteiger partial charge on any atom is 0.0547 e. The van der Waals surface area contributed by atoms with Crippen LogP contribution in [-0.2, 0) is 0 Å². The largest absolute Gasteiger partial charge is 0.309 e. The molecule has 2 nitrogen and oxygen atoms in total. The van der Waals surface area contributed by atoms with E-state index in [2.05, 4.69) is 228 Å². The molecule has 0 spiro atoms. The van der Waals surface area contributed by atoms with Gasteiger partial charge >= 0.3 is 0 Å². The first kappa shape index (κ1) is 34.4. The fourth-order valence-corrected chi connectivity index (χ4v) is 11.8. The molecule has 3 aromatic heterocycles. The van der Waals surface area contributed by atoms with Crippen molar-refractivity contribution in [2.75, 3.05) is 0 Å². The lowest BCUT2D eigenvalue weighted by atomic mass is 9.73. The molecule has 0 fully saturated rings. The molecule has 0 amide bonds. The summed E-state index contributed by atoms with van der Waals surface area (Å²) < 4.78 is 7.57. The van der Waals surface area contributed by atoms with Gasteiger partial charge in [-0.2, -0.15) is 0 Å². The van der Waals surface area contributed by atoms with Crippen molar-refractivity contribution in [2.45, 2.75) is 5.92 Å². The quantitative estimate of drug-likeness (QED) is 0.164. The van der Waals surface area contributed by atoms with Crippen molar-refractivity contribution in [3.05, 3.63) is 235 Å². The number of thiophene rings is 1. The van der Waals surface area contributed by atoms with Gasteiger partial charge in [0, 0.05) is 64.9 Å². The van der Waals surface area contributed by atoms with Gasteiger partial charge in [-0.15, -0.1) is 11.3 Å². The Hall–Kier alpha value is -7.46. The molecule has 0 saturated carbocycles. The molecule has 11 aromatic rings. The van der Waals surface area contributed by atoms with E-state index in [4.69, 9.17) is 0 Å². The molecule has 2 aliphatic rings. The fraction of sp³-hybridized carbons (Fsp3) is 0.0345. The molecule has 2 aliphatic carbocycles. The third-order valence-corrected chi connectivity index (χ3v) is 14.4. The number of fused-ring (bicyclic) bond motifs is 10. The minimum Gasteiger partial charge on any atom is -0.309 e. The van der Waals surface area contributed by atoms with E-state index in [1.807, 2.05) is 11.3 Å². The molecule has 8 aromatic carbocycles. The molecule has 0 N–H and O–H groups in total. The number of hydrogen-bond acceptors (Lipinski definition) is 1. The van der Waals surface area contributed by atoms with Crippen LogP contribution in [0.5, 0.6) is 0 Å². The van der Waals surface area contributed by atoms with Crippen LogP contribution in [0.3, 0.4) is 0 Å². The van der Waals surface area contributed by atoms with E-state index in [0.29, 0.717) is 0 Å². The molecule has 3 heteroatoms. The number of hydrogen-bond donors (Lipinski definition) is 0. The summed E-state index contributed by atoms with van der Waals surface area (Å²) in [5, 5.41) is 7.75. The zero-order valence-corrected chi connectivity index (χ0v) is 34.1. The lowest BCUT2D eigenvalue weighted by Crippen LogP contribution is -2.17. The van der Waals surface area contributed by atoms with Crippen molar-refractivity contribution in [1.29, 1.82) is 0 Å². The summed E-state index contributed by atoms with van der Waals surface area (Å²) in [7, 11) is 0. The van der Waals surface area contributed by atoms with E-state index >= 15 is 0 Å². The highest BCUT2D eigenvalue weighted by atomic mass is 32.1. The molecule has 0 bridgehead atoms. The molecule has 2 unspecified atom stereocenters. The molecule has 2 atom stereocenters. The molecule has 61 heavy (non-hydrogen) atoms. The van der Waals surface area contributed by atoms with Gasteiger partial charge in [-0.05, 0) is 88.0 Å². The van der Waals surface area contributed by atoms with Gasteiger partial charge in [-0.1, -0.05) is 164 Å². The second-order valence-electron chi connectivity index (χ2n) is 16.3. The zero-order valence-electron chi connectivity index (χ0n) is 33.2. The van der Waals surface area contributed by atoms with Crippen LogP contribution in [0.1, 0.15) is 17.0 Å². The summed E-state index contributed by atoms with van der Waals surface area (Å²) in [5.74, 6) is 0.491. The van der Waals surface area contributed by atoms with Gasteiger partial charge in [0.2, 0.25) is 0 Å². The first-order chi connectivity index (χ1) is 30.3. The van der Waals surface area contributed by atoms with Crippen molar-refractivity contribution >= 4 is 80.7 Å². The number of nitrogens with zero attached hydrogens (tertiary/aromatic N) is 2. The summed E-state index contributed by atoms with van der Waals surface area (Å²) in [6.07, 6.45) is 14.0. The average molecular weight is 795 g/mol. The highest BCUT2D eigenvalue weighted by Crippen LogP contribution is 2.48. The Labute approximate surface area is 357 Å². The minimum absolute atomic E-state index is 0.235. The molecule has 0 radical (unpaired) electrons. The third-order valence-electron chi connectivity index (χ3n) is 13.2. The lowest BCUT2D eigenvalue weighted by Gasteiger charge is -2.31. The SMILES string of the molecule is C1=CC2=C(c3cccc4c3sc3ccccc34)C=CC(c3ccc(-n4c5ccccc5c5c(-c6cccc7c6c6ccccc6n7-c6ccccc6)cccc54)cc3)C2C=C1. The maximum absolute atomic E-state index is 2.46. The van der Waals surface area contributed by atoms with Gasteiger partial charge in [0.15, 0.2) is 0 Å². The summed E-state index contributed by atoms with van der Waals surface area (Å²) in [6.45, 7) is 0. The van der Waals surface area contributed by atoms with Crippen molar-refractivity contribution in [3.63, 3.8) is 0 Å². The molecular formula is C58H38N2S. The smallest absolute Gasteiger partial charge is 0.0547 e. The summed E-state index contributed by atoms with van der Waals surface area (Å²) in [5.41, 5.74) is 15.0. The van der Waals surface area contributed by atoms with Crippen molar-refractivity contribution in [1.82, 2.24) is 9.13 Å². The van der Waals surface area contributed by atoms with Gasteiger partial charge in [0.1, 0.15) is 0 Å². The Morgan fingerprint density at radius 3 is 1.64 bits per heavy atom. The predicted octanol–water partition coefficient (Wildman–Crippen LogP) is 15.8. The van der Waals surface area contributed by atoms with Gasteiger partial charge < -0.3 is 9.13 Å². The second-order valence-corrected chi connectivity index (χ2v) is 17.4. The number of allylic oxidation sites excluding steroid dienone is 8. The van der Waals surface area contributed by atoms with Crippen molar-refractivity contribution in [3.8, 4) is 22.5 Å². The molecule has 3 heterocycles. The van der Waals surface area contributed by atoms with Crippen LogP contribution in [0.2, 0.25) is 0 Å². The normalized spacial score (nSPS) is 16.3. The Balaban J connectivity index is 0.924. The van der Waals surface area contributed by atoms with Crippen LogP contribution in [0.4, 0.5) is 0 Å². The molecule has 286 valence electrons. The standard InChI is InChI=1S/C58H38N2S/c1-2-15-38(16-3-1)59-51-26-9-6-20-49(51)56-45(22-13-28-53(56)59)46-23-14-29-54-57(46)50-21-7-10-27-52(50)60(54)39-33-31-37(32-34-39)40-35-36-43(42-18-5-4-17-41(40)42)47-24-12-25-48-44-19-8-11-30-55(44)61-58(47)48/h1-36,40-41H. The van der Waals surface area contributed by atoms with Crippen molar-refractivity contribution < 1.29 is 0 Å². The summed E-state index contributed by atoms with van der Waals surface area (Å²) in [6, 6.07) is 67.1. The van der Waals surface area contributed by atoms with E-state index in [-0.39, 0.29) is 11.8 Å². The maximum atomic E-state index is 2.46. The average Bonchev–Trinajstić information content (AvgIpc) is 4.00. The first-order valence-electron chi connectivity index (χ1n) is 21.2. The predicted molar refractivity (Wildman–Crippen MR) is 260 cm³/mol. The Morgan fingerprint density at radius 2 is 0.934 bits per heavy atom. The van der Waals surface area contributed by atoms with Crippen LogP contribution in [0, 0.1) is 5.92 Å². The molecule has 0 aliphatic heterocycles. The number of aromatic nitrogens is 2. The van der Waals surface area contributed by atoms with Gasteiger partial charge in [0.25, 0.3) is 0 Å². The highest BCUT2D eigenvalue weighted by molar-refractivity contribution is 7.26. The molecule has 13 rings (SSSR count). The van der Waals surface area contributed by atoms with Crippen molar-refractivity contribution in [2.24, 2.45) is 5.92 Å². The highest BCUT2D eigenvalue weighted by Gasteiger charge is 2.29. The second kappa shape index (κ2) is 13.5. The lowest BCUT2D eigenvalue weighted by molar-refractivity contribution is 0.673. The Kier molecular flexibility index (Phi) is 7.64. The number of rotatable bonds is 5. The molecular weight excluding hydrogens is 757 g/mol. The van der Waals surface area contributed by atoms with E-state index in [1.54, 1.807) is 0 Å². The zero-order chi connectivity index (χ0) is 40.0.